The van der Waals surface area contributed by atoms with E-state index in [4.69, 9.17) is 0 Å². The van der Waals surface area contributed by atoms with E-state index in [-0.39, 0.29) is 11.1 Å². The highest BCUT2D eigenvalue weighted by Gasteiger charge is 2.35. The summed E-state index contributed by atoms with van der Waals surface area (Å²) in [6, 6.07) is 6.21. The summed E-state index contributed by atoms with van der Waals surface area (Å²) in [6.07, 6.45) is -9.36. The lowest BCUT2D eigenvalue weighted by Crippen LogP contribution is -2.07. The van der Waals surface area contributed by atoms with Gasteiger partial charge in [-0.2, -0.15) is 26.3 Å². The molecule has 0 radical (unpaired) electrons. The molecule has 21 heavy (non-hydrogen) atoms. The van der Waals surface area contributed by atoms with E-state index < -0.39 is 29.2 Å². The van der Waals surface area contributed by atoms with Crippen molar-refractivity contribution in [1.82, 2.24) is 0 Å². The zero-order valence-corrected chi connectivity index (χ0v) is 10.3. The summed E-state index contributed by atoms with van der Waals surface area (Å²) >= 11 is 0. The summed E-state index contributed by atoms with van der Waals surface area (Å²) in [5.74, 6) is -0.860. The van der Waals surface area contributed by atoms with Gasteiger partial charge < -0.3 is 5.11 Å². The van der Waals surface area contributed by atoms with Crippen LogP contribution in [0, 0.1) is 0 Å². The van der Waals surface area contributed by atoms with Crippen molar-refractivity contribution in [2.45, 2.75) is 12.4 Å². The number of phenolic OH excluding ortho intramolecular Hbond substituents is 1. The molecule has 0 amide bonds. The first-order valence-electron chi connectivity index (χ1n) is 5.67. The predicted octanol–water partition coefficient (Wildman–Crippen LogP) is 5.10. The quantitative estimate of drug-likeness (QED) is 0.727. The highest BCUT2D eigenvalue weighted by atomic mass is 19.4. The van der Waals surface area contributed by atoms with Crippen molar-refractivity contribution in [1.29, 1.82) is 0 Å². The molecule has 0 aliphatic rings. The van der Waals surface area contributed by atoms with Crippen LogP contribution in [0.1, 0.15) is 11.1 Å². The van der Waals surface area contributed by atoms with Gasteiger partial charge in [0, 0.05) is 5.56 Å². The molecule has 112 valence electrons. The maximum absolute atomic E-state index is 12.9. The van der Waals surface area contributed by atoms with Gasteiger partial charge >= 0.3 is 12.4 Å². The fraction of sp³-hybridized carbons (Fsp3) is 0.143. The van der Waals surface area contributed by atoms with Gasteiger partial charge in [-0.1, -0.05) is 24.3 Å². The zero-order valence-electron chi connectivity index (χ0n) is 10.3. The normalized spacial score (nSPS) is 12.5. The van der Waals surface area contributed by atoms with Crippen LogP contribution in [-0.2, 0) is 12.4 Å². The number of halogens is 6. The highest BCUT2D eigenvalue weighted by Crippen LogP contribution is 2.41. The van der Waals surface area contributed by atoms with Gasteiger partial charge in [0.05, 0.1) is 11.1 Å². The van der Waals surface area contributed by atoms with Gasteiger partial charge in [0.1, 0.15) is 5.75 Å². The van der Waals surface area contributed by atoms with Crippen LogP contribution in [0.15, 0.2) is 42.5 Å². The van der Waals surface area contributed by atoms with Crippen LogP contribution < -0.4 is 0 Å². The Kier molecular flexibility index (Phi) is 3.61. The number of benzene rings is 2. The number of hydrogen-bond donors (Lipinski definition) is 1. The van der Waals surface area contributed by atoms with Crippen molar-refractivity contribution in [2.75, 3.05) is 0 Å². The third kappa shape index (κ3) is 3.12. The smallest absolute Gasteiger partial charge is 0.417 e. The Balaban J connectivity index is 2.59. The van der Waals surface area contributed by atoms with Crippen LogP contribution in [0.3, 0.4) is 0 Å². The van der Waals surface area contributed by atoms with Gasteiger partial charge in [0.2, 0.25) is 0 Å². The second-order valence-electron chi connectivity index (χ2n) is 4.27. The minimum Gasteiger partial charge on any atom is -0.507 e. The van der Waals surface area contributed by atoms with E-state index in [2.05, 4.69) is 0 Å². The van der Waals surface area contributed by atoms with Crippen molar-refractivity contribution >= 4 is 0 Å². The summed E-state index contributed by atoms with van der Waals surface area (Å²) in [5, 5.41) is 9.63. The van der Waals surface area contributed by atoms with Gasteiger partial charge in [-0.15, -0.1) is 0 Å². The summed E-state index contributed by atoms with van der Waals surface area (Å²) in [7, 11) is 0. The monoisotopic (exact) mass is 306 g/mol. The van der Waals surface area contributed by atoms with Gasteiger partial charge in [-0.25, -0.2) is 0 Å². The molecule has 0 unspecified atom stereocenters. The molecule has 2 rings (SSSR count). The average molecular weight is 306 g/mol. The van der Waals surface area contributed by atoms with Crippen LogP contribution in [-0.4, -0.2) is 5.11 Å². The lowest BCUT2D eigenvalue weighted by atomic mass is 9.97. The Labute approximate surface area is 115 Å². The second-order valence-corrected chi connectivity index (χ2v) is 4.27. The molecule has 0 aliphatic carbocycles. The maximum Gasteiger partial charge on any atom is 0.417 e. The summed E-state index contributed by atoms with van der Waals surface area (Å²) in [4.78, 5) is 0. The third-order valence-electron chi connectivity index (χ3n) is 2.85. The average Bonchev–Trinajstić information content (AvgIpc) is 2.36. The largest absolute Gasteiger partial charge is 0.507 e. The van der Waals surface area contributed by atoms with E-state index in [1.165, 1.54) is 6.07 Å². The summed E-state index contributed by atoms with van der Waals surface area (Å²) < 4.78 is 76.1. The minimum absolute atomic E-state index is 0.309. The topological polar surface area (TPSA) is 20.2 Å². The van der Waals surface area contributed by atoms with Crippen LogP contribution in [0.25, 0.3) is 11.1 Å². The van der Waals surface area contributed by atoms with Gasteiger partial charge in [-0.05, 0) is 23.8 Å². The molecule has 0 aliphatic heterocycles. The van der Waals surface area contributed by atoms with Crippen molar-refractivity contribution in [3.05, 3.63) is 53.6 Å². The molecule has 0 aromatic heterocycles. The molecule has 0 spiro atoms. The Bertz CT molecular complexity index is 657. The number of rotatable bonds is 1. The Hall–Kier alpha value is -2.18. The lowest BCUT2D eigenvalue weighted by molar-refractivity contribution is -0.138. The van der Waals surface area contributed by atoms with Crippen molar-refractivity contribution in [2.24, 2.45) is 0 Å². The van der Waals surface area contributed by atoms with Gasteiger partial charge in [-0.3, -0.25) is 0 Å². The number of phenols is 1. The van der Waals surface area contributed by atoms with Gasteiger partial charge in [0.25, 0.3) is 0 Å². The highest BCUT2D eigenvalue weighted by molar-refractivity contribution is 5.74. The molecule has 1 N–H and O–H groups in total. The molecular formula is C14H8F6O. The molecule has 2 aromatic carbocycles. The van der Waals surface area contributed by atoms with Crippen molar-refractivity contribution in [3.8, 4) is 16.9 Å². The van der Waals surface area contributed by atoms with E-state index in [0.29, 0.717) is 12.1 Å². The number of aromatic hydroxyl groups is 1. The second kappa shape index (κ2) is 4.98. The van der Waals surface area contributed by atoms with Crippen LogP contribution in [0.4, 0.5) is 26.3 Å². The third-order valence-corrected chi connectivity index (χ3v) is 2.85. The van der Waals surface area contributed by atoms with Crippen molar-refractivity contribution in [3.63, 3.8) is 0 Å². The molecule has 1 nitrogen and oxygen atoms in total. The van der Waals surface area contributed by atoms with E-state index >= 15 is 0 Å². The molecule has 0 saturated heterocycles. The van der Waals surface area contributed by atoms with E-state index in [1.54, 1.807) is 0 Å². The first kappa shape index (κ1) is 15.2. The molecule has 0 heterocycles. The summed E-state index contributed by atoms with van der Waals surface area (Å²) in [5.41, 5.74) is -2.85. The Morgan fingerprint density at radius 1 is 0.714 bits per heavy atom. The molecule has 0 fully saturated rings. The minimum atomic E-state index is -4.68. The maximum atomic E-state index is 12.9. The Morgan fingerprint density at radius 3 is 1.86 bits per heavy atom. The Morgan fingerprint density at radius 2 is 1.33 bits per heavy atom. The molecule has 0 saturated carbocycles. The molecule has 7 heteroatoms. The molecule has 0 bridgehead atoms. The molecule has 2 aromatic rings. The fourth-order valence-corrected chi connectivity index (χ4v) is 1.90. The number of hydrogen-bond acceptors (Lipinski definition) is 1. The SMILES string of the molecule is Oc1cc(C(F)(F)F)ccc1-c1ccccc1C(F)(F)F. The van der Waals surface area contributed by atoms with Crippen LogP contribution >= 0.6 is 0 Å². The molecule has 0 atom stereocenters. The van der Waals surface area contributed by atoms with Crippen LogP contribution in [0.5, 0.6) is 5.75 Å². The zero-order chi connectivity index (χ0) is 15.8. The van der Waals surface area contributed by atoms with Gasteiger partial charge in [0.15, 0.2) is 0 Å². The summed E-state index contributed by atoms with van der Waals surface area (Å²) in [6.45, 7) is 0. The standard InChI is InChI=1S/C14H8F6O/c15-13(16,17)8-5-6-10(12(21)7-8)9-3-1-2-4-11(9)14(18,19)20/h1-7,21H. The van der Waals surface area contributed by atoms with E-state index in [1.807, 2.05) is 0 Å². The van der Waals surface area contributed by atoms with E-state index in [9.17, 15) is 31.4 Å². The fourth-order valence-electron chi connectivity index (χ4n) is 1.90. The number of alkyl halides is 6. The lowest BCUT2D eigenvalue weighted by Gasteiger charge is -2.15. The van der Waals surface area contributed by atoms with Crippen LogP contribution in [0.2, 0.25) is 0 Å². The van der Waals surface area contributed by atoms with E-state index in [0.717, 1.165) is 24.3 Å². The molecular weight excluding hydrogens is 298 g/mol. The van der Waals surface area contributed by atoms with Crippen molar-refractivity contribution < 1.29 is 31.4 Å². The predicted molar refractivity (Wildman–Crippen MR) is 63.5 cm³/mol. The first-order valence-corrected chi connectivity index (χ1v) is 5.67. The first-order chi connectivity index (χ1) is 9.60.